The van der Waals surface area contributed by atoms with E-state index < -0.39 is 41.4 Å². The second kappa shape index (κ2) is 9.06. The van der Waals surface area contributed by atoms with E-state index in [9.17, 15) is 31.1 Å². The molecular formula is C22H20F6N4OS. The Morgan fingerprint density at radius 1 is 1.15 bits per heavy atom. The number of benzene rings is 1. The summed E-state index contributed by atoms with van der Waals surface area (Å²) in [7, 11) is 0. The van der Waals surface area contributed by atoms with Gasteiger partial charge in [0.15, 0.2) is 11.6 Å². The van der Waals surface area contributed by atoms with Crippen LogP contribution >= 0.6 is 11.3 Å². The second-order valence-electron chi connectivity index (χ2n) is 8.19. The fourth-order valence-corrected chi connectivity index (χ4v) is 4.88. The van der Waals surface area contributed by atoms with Gasteiger partial charge in [0.05, 0.1) is 17.9 Å². The number of nitrogens with two attached hydrogens (primary N) is 1. The van der Waals surface area contributed by atoms with Crippen molar-refractivity contribution < 1.29 is 31.1 Å². The van der Waals surface area contributed by atoms with E-state index in [4.69, 9.17) is 5.73 Å². The molecule has 0 aliphatic carbocycles. The van der Waals surface area contributed by atoms with Crippen molar-refractivity contribution in [3.63, 3.8) is 0 Å². The molecule has 2 aromatic heterocycles. The zero-order chi connectivity index (χ0) is 24.8. The fraction of sp³-hybridized carbons (Fsp3) is 0.364. The molecule has 1 aliphatic rings. The molecule has 34 heavy (non-hydrogen) atoms. The van der Waals surface area contributed by atoms with Gasteiger partial charge in [-0.1, -0.05) is 0 Å². The molecule has 0 bridgehead atoms. The van der Waals surface area contributed by atoms with E-state index in [0.717, 1.165) is 10.1 Å². The first-order chi connectivity index (χ1) is 16.0. The Kier molecular flexibility index (Phi) is 6.47. The van der Waals surface area contributed by atoms with E-state index >= 15 is 0 Å². The molecule has 1 atom stereocenters. The van der Waals surface area contributed by atoms with E-state index in [1.807, 2.05) is 0 Å². The van der Waals surface area contributed by atoms with Crippen LogP contribution in [0.2, 0.25) is 0 Å². The molecule has 1 aromatic carbocycles. The Balaban J connectivity index is 1.53. The standard InChI is InChI=1S/C22H20F6N4OS/c1-11-9-34-10-14(11)20-18-8-31(2-3-32(18)21(30-20)22(26,27)28)19(33)6-13(29)4-12-5-16(24)17(25)7-15(12)23/h5,7,9-10,13H,2-4,6,8,29H2,1H3/t13-/m1/s1. The Morgan fingerprint density at radius 3 is 2.50 bits per heavy atom. The molecule has 5 nitrogen and oxygen atoms in total. The molecule has 3 heterocycles. The lowest BCUT2D eigenvalue weighted by Crippen LogP contribution is -2.42. The maximum atomic E-state index is 13.9. The highest BCUT2D eigenvalue weighted by Gasteiger charge is 2.41. The largest absolute Gasteiger partial charge is 0.449 e. The SMILES string of the molecule is Cc1cscc1-c1nc(C(F)(F)F)n2c1CN(C(=O)C[C@H](N)Cc1cc(F)c(F)cc1F)CC2. The number of thiophene rings is 1. The number of fused-ring (bicyclic) bond motifs is 1. The lowest BCUT2D eigenvalue weighted by atomic mass is 10.0. The number of carbonyl (C=O) groups excluding carboxylic acids is 1. The Bertz CT molecular complexity index is 1230. The van der Waals surface area contributed by atoms with Crippen molar-refractivity contribution in [1.82, 2.24) is 14.5 Å². The highest BCUT2D eigenvalue weighted by atomic mass is 32.1. The van der Waals surface area contributed by atoms with Crippen LogP contribution in [0.5, 0.6) is 0 Å². The average Bonchev–Trinajstić information content (AvgIpc) is 3.34. The van der Waals surface area contributed by atoms with Gasteiger partial charge in [-0.15, -0.1) is 0 Å². The third-order valence-corrected chi connectivity index (χ3v) is 6.59. The van der Waals surface area contributed by atoms with Gasteiger partial charge in [0, 0.05) is 42.6 Å². The Labute approximate surface area is 194 Å². The van der Waals surface area contributed by atoms with Crippen LogP contribution in [-0.2, 0) is 30.5 Å². The van der Waals surface area contributed by atoms with E-state index in [1.54, 1.807) is 17.7 Å². The summed E-state index contributed by atoms with van der Waals surface area (Å²) >= 11 is 1.34. The van der Waals surface area contributed by atoms with Crippen LogP contribution in [0.1, 0.15) is 29.1 Å². The first-order valence-electron chi connectivity index (χ1n) is 10.3. The second-order valence-corrected chi connectivity index (χ2v) is 8.93. The lowest BCUT2D eigenvalue weighted by molar-refractivity contribution is -0.148. The van der Waals surface area contributed by atoms with Gasteiger partial charge in [-0.05, 0) is 35.9 Å². The van der Waals surface area contributed by atoms with Crippen molar-refractivity contribution >= 4 is 17.2 Å². The molecule has 182 valence electrons. The summed E-state index contributed by atoms with van der Waals surface area (Å²) in [6, 6.07) is 0.211. The van der Waals surface area contributed by atoms with Gasteiger partial charge in [-0.3, -0.25) is 4.79 Å². The number of carbonyl (C=O) groups is 1. The molecule has 1 aliphatic heterocycles. The van der Waals surface area contributed by atoms with E-state index in [2.05, 4.69) is 4.98 Å². The van der Waals surface area contributed by atoms with Crippen molar-refractivity contribution in [2.24, 2.45) is 5.73 Å². The summed E-state index contributed by atoms with van der Waals surface area (Å²) in [5.41, 5.74) is 7.59. The minimum atomic E-state index is -4.65. The number of alkyl halides is 3. The van der Waals surface area contributed by atoms with Gasteiger partial charge in [0.25, 0.3) is 0 Å². The van der Waals surface area contributed by atoms with Gasteiger partial charge >= 0.3 is 6.18 Å². The van der Waals surface area contributed by atoms with Crippen LogP contribution in [0.25, 0.3) is 11.3 Å². The number of amides is 1. The normalized spacial score (nSPS) is 14.9. The number of hydrogen-bond acceptors (Lipinski definition) is 4. The molecule has 4 rings (SSSR count). The van der Waals surface area contributed by atoms with Gasteiger partial charge in [-0.25, -0.2) is 18.2 Å². The zero-order valence-electron chi connectivity index (χ0n) is 17.9. The van der Waals surface area contributed by atoms with Crippen LogP contribution in [0, 0.1) is 24.4 Å². The first kappa shape index (κ1) is 24.3. The van der Waals surface area contributed by atoms with Crippen LogP contribution in [-0.4, -0.2) is 32.9 Å². The number of rotatable bonds is 5. The van der Waals surface area contributed by atoms with Gasteiger partial charge in [-0.2, -0.15) is 24.5 Å². The molecule has 0 saturated carbocycles. The van der Waals surface area contributed by atoms with Crippen molar-refractivity contribution in [2.75, 3.05) is 6.54 Å². The maximum absolute atomic E-state index is 13.9. The number of hydrogen-bond donors (Lipinski definition) is 1. The Morgan fingerprint density at radius 2 is 1.85 bits per heavy atom. The maximum Gasteiger partial charge on any atom is 0.449 e. The minimum Gasteiger partial charge on any atom is -0.335 e. The predicted molar refractivity (Wildman–Crippen MR) is 113 cm³/mol. The quantitative estimate of drug-likeness (QED) is 0.408. The third-order valence-electron chi connectivity index (χ3n) is 5.73. The minimum absolute atomic E-state index is 0.0135. The van der Waals surface area contributed by atoms with Gasteiger partial charge in [0.1, 0.15) is 5.82 Å². The predicted octanol–water partition coefficient (Wildman–Crippen LogP) is 4.66. The number of nitrogens with zero attached hydrogens (tertiary/aromatic N) is 3. The molecule has 12 heteroatoms. The number of halogens is 6. The fourth-order valence-electron chi connectivity index (χ4n) is 4.04. The van der Waals surface area contributed by atoms with E-state index in [1.165, 1.54) is 16.2 Å². The topological polar surface area (TPSA) is 64.2 Å². The molecule has 3 aromatic rings. The molecule has 0 spiro atoms. The summed E-state index contributed by atoms with van der Waals surface area (Å²) < 4.78 is 82.3. The number of aromatic nitrogens is 2. The molecule has 0 radical (unpaired) electrons. The number of imidazole rings is 1. The summed E-state index contributed by atoms with van der Waals surface area (Å²) in [5.74, 6) is -4.98. The van der Waals surface area contributed by atoms with Crippen molar-refractivity contribution in [2.45, 2.75) is 45.1 Å². The zero-order valence-corrected chi connectivity index (χ0v) is 18.7. The van der Waals surface area contributed by atoms with Crippen molar-refractivity contribution in [3.05, 3.63) is 63.0 Å². The van der Waals surface area contributed by atoms with E-state index in [-0.39, 0.29) is 49.4 Å². The van der Waals surface area contributed by atoms with Crippen LogP contribution in [0.15, 0.2) is 22.9 Å². The highest BCUT2D eigenvalue weighted by Crippen LogP contribution is 2.37. The van der Waals surface area contributed by atoms with Crippen molar-refractivity contribution in [1.29, 1.82) is 0 Å². The van der Waals surface area contributed by atoms with E-state index in [0.29, 0.717) is 17.7 Å². The molecule has 2 N–H and O–H groups in total. The highest BCUT2D eigenvalue weighted by molar-refractivity contribution is 7.08. The lowest BCUT2D eigenvalue weighted by Gasteiger charge is -2.30. The van der Waals surface area contributed by atoms with Crippen LogP contribution < -0.4 is 5.73 Å². The van der Waals surface area contributed by atoms with Crippen molar-refractivity contribution in [3.8, 4) is 11.3 Å². The third kappa shape index (κ3) is 4.69. The summed E-state index contributed by atoms with van der Waals surface area (Å²) in [4.78, 5) is 18.1. The summed E-state index contributed by atoms with van der Waals surface area (Å²) in [6.07, 6.45) is -5.11. The smallest absolute Gasteiger partial charge is 0.335 e. The molecular weight excluding hydrogens is 482 g/mol. The molecule has 0 fully saturated rings. The molecule has 0 unspecified atom stereocenters. The number of aryl methyl sites for hydroxylation is 1. The monoisotopic (exact) mass is 502 g/mol. The molecule has 1 amide bonds. The van der Waals surface area contributed by atoms with Gasteiger partial charge in [0.2, 0.25) is 11.7 Å². The first-order valence-corrected chi connectivity index (χ1v) is 11.3. The average molecular weight is 502 g/mol. The van der Waals surface area contributed by atoms with Gasteiger partial charge < -0.3 is 15.2 Å². The summed E-state index contributed by atoms with van der Waals surface area (Å²) in [6.45, 7) is 1.59. The molecule has 0 saturated heterocycles. The van der Waals surface area contributed by atoms with Crippen LogP contribution in [0.3, 0.4) is 0 Å². The summed E-state index contributed by atoms with van der Waals surface area (Å²) in [5, 5.41) is 3.52. The Hall–Kier alpha value is -2.86. The van der Waals surface area contributed by atoms with Crippen LogP contribution in [0.4, 0.5) is 26.3 Å².